The number of hydrogen-bond acceptors (Lipinski definition) is 4. The van der Waals surface area contributed by atoms with E-state index in [1.165, 1.54) is 4.90 Å². The maximum atomic E-state index is 13.1. The largest absolute Gasteiger partial charge is 0.449 e. The Kier molecular flexibility index (Phi) is 5.83. The molecule has 2 aliphatic rings. The number of nitrogens with zero attached hydrogens (tertiary/aromatic N) is 1. The number of halogens is 1. The first kappa shape index (κ1) is 19.5. The Morgan fingerprint density at radius 3 is 2.79 bits per heavy atom. The molecule has 0 bridgehead atoms. The van der Waals surface area contributed by atoms with Crippen molar-refractivity contribution in [3.05, 3.63) is 64.9 Å². The Bertz CT molecular complexity index is 953. The quantitative estimate of drug-likeness (QED) is 0.764. The number of benzene rings is 2. The fourth-order valence-corrected chi connectivity index (χ4v) is 3.58. The molecule has 2 heterocycles. The lowest BCUT2D eigenvalue weighted by molar-refractivity contribution is -0.123. The van der Waals surface area contributed by atoms with Gasteiger partial charge in [-0.25, -0.2) is 0 Å². The van der Waals surface area contributed by atoms with Crippen LogP contribution >= 0.6 is 11.6 Å². The Labute approximate surface area is 174 Å². The van der Waals surface area contributed by atoms with Crippen LogP contribution in [0.1, 0.15) is 18.4 Å². The van der Waals surface area contributed by atoms with Crippen molar-refractivity contribution < 1.29 is 19.1 Å². The highest BCUT2D eigenvalue weighted by atomic mass is 35.5. The van der Waals surface area contributed by atoms with E-state index in [1.54, 1.807) is 36.4 Å². The van der Waals surface area contributed by atoms with Gasteiger partial charge in [0.2, 0.25) is 5.91 Å². The highest BCUT2D eigenvalue weighted by Gasteiger charge is 2.32. The number of carbonyl (C=O) groups is 2. The van der Waals surface area contributed by atoms with Crippen molar-refractivity contribution in [2.24, 2.45) is 0 Å². The molecular formula is C22H21ClN2O4. The monoisotopic (exact) mass is 412 g/mol. The summed E-state index contributed by atoms with van der Waals surface area (Å²) < 4.78 is 11.3. The predicted octanol–water partition coefficient (Wildman–Crippen LogP) is 3.40. The lowest BCUT2D eigenvalue weighted by Crippen LogP contribution is -2.45. The first-order valence-electron chi connectivity index (χ1n) is 9.55. The number of anilines is 1. The van der Waals surface area contributed by atoms with E-state index in [9.17, 15) is 9.59 Å². The van der Waals surface area contributed by atoms with Gasteiger partial charge in [0.05, 0.1) is 11.8 Å². The van der Waals surface area contributed by atoms with Crippen LogP contribution in [0.4, 0.5) is 5.69 Å². The molecule has 0 spiro atoms. The van der Waals surface area contributed by atoms with E-state index in [0.717, 1.165) is 19.4 Å². The van der Waals surface area contributed by atoms with Gasteiger partial charge in [-0.15, -0.1) is 0 Å². The van der Waals surface area contributed by atoms with E-state index >= 15 is 0 Å². The van der Waals surface area contributed by atoms with Crippen molar-refractivity contribution in [2.45, 2.75) is 18.9 Å². The molecule has 1 N–H and O–H groups in total. The number of ether oxygens (including phenoxy) is 2. The third kappa shape index (κ3) is 4.44. The third-order valence-corrected chi connectivity index (χ3v) is 5.22. The van der Waals surface area contributed by atoms with Crippen LogP contribution in [-0.4, -0.2) is 37.6 Å². The smallest absolute Gasteiger partial charge is 0.294 e. The average Bonchev–Trinajstić information content (AvgIpc) is 3.25. The molecule has 2 aliphatic heterocycles. The van der Waals surface area contributed by atoms with Gasteiger partial charge in [-0.2, -0.15) is 0 Å². The summed E-state index contributed by atoms with van der Waals surface area (Å²) in [6.45, 7) is 1.07. The van der Waals surface area contributed by atoms with Gasteiger partial charge < -0.3 is 14.8 Å². The van der Waals surface area contributed by atoms with E-state index in [1.807, 2.05) is 18.2 Å². The lowest BCUT2D eigenvalue weighted by Gasteiger charge is -2.30. The lowest BCUT2D eigenvalue weighted by atomic mass is 10.1. The number of nitrogens with one attached hydrogen (secondary N) is 1. The minimum absolute atomic E-state index is 0.0438. The van der Waals surface area contributed by atoms with Gasteiger partial charge in [-0.1, -0.05) is 41.9 Å². The van der Waals surface area contributed by atoms with Gasteiger partial charge in [0.15, 0.2) is 11.5 Å². The third-order valence-electron chi connectivity index (χ3n) is 4.88. The van der Waals surface area contributed by atoms with Crippen molar-refractivity contribution in [3.63, 3.8) is 0 Å². The van der Waals surface area contributed by atoms with E-state index in [-0.39, 0.29) is 24.3 Å². The molecule has 2 aromatic rings. The molecule has 1 saturated heterocycles. The second-order valence-corrected chi connectivity index (χ2v) is 7.34. The SMILES string of the molecule is O=C(CN1C(=O)C(=Cc2ccccc2Cl)Oc2ccccc21)NCC1CCCO1. The Balaban J connectivity index is 1.55. The minimum Gasteiger partial charge on any atom is -0.449 e. The molecular weight excluding hydrogens is 392 g/mol. The van der Waals surface area contributed by atoms with Crippen LogP contribution in [0.5, 0.6) is 5.75 Å². The molecule has 1 atom stereocenters. The molecule has 29 heavy (non-hydrogen) atoms. The molecule has 0 aromatic heterocycles. The van der Waals surface area contributed by atoms with E-state index < -0.39 is 5.91 Å². The summed E-state index contributed by atoms with van der Waals surface area (Å²) >= 11 is 6.21. The second-order valence-electron chi connectivity index (χ2n) is 6.93. The van der Waals surface area contributed by atoms with Gasteiger partial charge in [0, 0.05) is 18.2 Å². The fourth-order valence-electron chi connectivity index (χ4n) is 3.39. The van der Waals surface area contributed by atoms with E-state index in [2.05, 4.69) is 5.32 Å². The number of carbonyl (C=O) groups excluding carboxylic acids is 2. The minimum atomic E-state index is -0.393. The molecule has 150 valence electrons. The summed E-state index contributed by atoms with van der Waals surface area (Å²) in [5.41, 5.74) is 1.22. The summed E-state index contributed by atoms with van der Waals surface area (Å²) in [6.07, 6.45) is 3.58. The van der Waals surface area contributed by atoms with Crippen LogP contribution in [0.2, 0.25) is 5.02 Å². The number of rotatable bonds is 5. The molecule has 4 rings (SSSR count). The zero-order valence-electron chi connectivity index (χ0n) is 15.8. The molecule has 0 aliphatic carbocycles. The molecule has 7 heteroatoms. The van der Waals surface area contributed by atoms with Crippen LogP contribution in [0, 0.1) is 0 Å². The average molecular weight is 413 g/mol. The summed E-state index contributed by atoms with van der Waals surface area (Å²) in [7, 11) is 0. The molecule has 2 aromatic carbocycles. The summed E-state index contributed by atoms with van der Waals surface area (Å²) in [6, 6.07) is 14.3. The van der Waals surface area contributed by atoms with E-state index in [0.29, 0.717) is 28.6 Å². The first-order valence-corrected chi connectivity index (χ1v) is 9.93. The maximum Gasteiger partial charge on any atom is 0.294 e. The standard InChI is InChI=1S/C22H21ClN2O4/c23-17-8-2-1-6-15(17)12-20-22(27)25(18-9-3-4-10-19(18)29-20)14-21(26)24-13-16-7-5-11-28-16/h1-4,6,8-10,12,16H,5,7,11,13-14H2,(H,24,26). The zero-order chi connectivity index (χ0) is 20.2. The van der Waals surface area contributed by atoms with Gasteiger partial charge in [0.1, 0.15) is 6.54 Å². The van der Waals surface area contributed by atoms with Crippen LogP contribution in [-0.2, 0) is 14.3 Å². The van der Waals surface area contributed by atoms with Crippen LogP contribution in [0.25, 0.3) is 6.08 Å². The Morgan fingerprint density at radius 2 is 2.00 bits per heavy atom. The van der Waals surface area contributed by atoms with Crippen molar-refractivity contribution in [2.75, 3.05) is 24.6 Å². The Morgan fingerprint density at radius 1 is 1.21 bits per heavy atom. The number of para-hydroxylation sites is 2. The molecule has 1 unspecified atom stereocenters. The normalized spacial score (nSPS) is 19.8. The van der Waals surface area contributed by atoms with Crippen molar-refractivity contribution in [1.29, 1.82) is 0 Å². The van der Waals surface area contributed by atoms with E-state index in [4.69, 9.17) is 21.1 Å². The van der Waals surface area contributed by atoms with Crippen molar-refractivity contribution in [1.82, 2.24) is 5.32 Å². The summed E-state index contributed by atoms with van der Waals surface area (Å²) in [5, 5.41) is 3.37. The molecule has 0 saturated carbocycles. The molecule has 6 nitrogen and oxygen atoms in total. The molecule has 0 radical (unpaired) electrons. The van der Waals surface area contributed by atoms with Gasteiger partial charge in [-0.3, -0.25) is 14.5 Å². The number of hydrogen-bond donors (Lipinski definition) is 1. The summed E-state index contributed by atoms with van der Waals surface area (Å²) in [5.74, 6) is -0.0143. The van der Waals surface area contributed by atoms with Crippen molar-refractivity contribution >= 4 is 35.2 Å². The van der Waals surface area contributed by atoms with Gasteiger partial charge in [-0.05, 0) is 42.7 Å². The highest BCUT2D eigenvalue weighted by Crippen LogP contribution is 2.35. The molecule has 2 amide bonds. The maximum absolute atomic E-state index is 13.1. The second kappa shape index (κ2) is 8.68. The van der Waals surface area contributed by atoms with Crippen LogP contribution < -0.4 is 15.0 Å². The molecule has 1 fully saturated rings. The van der Waals surface area contributed by atoms with Gasteiger partial charge in [0.25, 0.3) is 5.91 Å². The highest BCUT2D eigenvalue weighted by molar-refractivity contribution is 6.32. The first-order chi connectivity index (χ1) is 14.1. The zero-order valence-corrected chi connectivity index (χ0v) is 16.5. The summed E-state index contributed by atoms with van der Waals surface area (Å²) in [4.78, 5) is 27.0. The Hall–Kier alpha value is -2.83. The topological polar surface area (TPSA) is 67.9 Å². The van der Waals surface area contributed by atoms with Crippen LogP contribution in [0.3, 0.4) is 0 Å². The van der Waals surface area contributed by atoms with Gasteiger partial charge >= 0.3 is 0 Å². The predicted molar refractivity (Wildman–Crippen MR) is 111 cm³/mol. The number of amides is 2. The van der Waals surface area contributed by atoms with Crippen LogP contribution in [0.15, 0.2) is 54.3 Å². The fraction of sp³-hybridized carbons (Fsp3) is 0.273. The van der Waals surface area contributed by atoms with Crippen molar-refractivity contribution in [3.8, 4) is 5.75 Å². The number of fused-ring (bicyclic) bond motifs is 1.